The van der Waals surface area contributed by atoms with Crippen LogP contribution in [0.2, 0.25) is 0 Å². The quantitative estimate of drug-likeness (QED) is 0.0261. The van der Waals surface area contributed by atoms with E-state index in [1.807, 2.05) is 6.08 Å². The van der Waals surface area contributed by atoms with E-state index in [1.54, 1.807) is 6.08 Å². The van der Waals surface area contributed by atoms with Crippen LogP contribution in [0.5, 0.6) is 0 Å². The number of rotatable bonds is 46. The normalized spacial score (nSPS) is 20.3. The van der Waals surface area contributed by atoms with Crippen LogP contribution in [0.3, 0.4) is 0 Å². The molecule has 1 rings (SSSR count). The number of carbonyl (C=O) groups excluding carboxylic acids is 1. The molecule has 0 saturated carbocycles. The Kier molecular flexibility index (Phi) is 43.2. The minimum Gasteiger partial charge on any atom is -0.394 e. The molecule has 0 aromatic heterocycles. The number of carbonyl (C=O) groups is 1. The molecule has 1 aliphatic rings. The first-order valence-electron chi connectivity index (χ1n) is 27.4. The van der Waals surface area contributed by atoms with E-state index in [2.05, 4.69) is 55.6 Å². The molecule has 380 valence electrons. The van der Waals surface area contributed by atoms with E-state index >= 15 is 0 Å². The van der Waals surface area contributed by atoms with Gasteiger partial charge in [0.1, 0.15) is 24.4 Å². The zero-order valence-corrected chi connectivity index (χ0v) is 42.0. The smallest absolute Gasteiger partial charge is 0.220 e. The van der Waals surface area contributed by atoms with Gasteiger partial charge in [-0.3, -0.25) is 4.79 Å². The zero-order valence-electron chi connectivity index (χ0n) is 42.0. The molecular formula is C56H103NO8. The Labute approximate surface area is 399 Å². The van der Waals surface area contributed by atoms with E-state index in [9.17, 15) is 30.3 Å². The van der Waals surface area contributed by atoms with Gasteiger partial charge in [-0.25, -0.2) is 0 Å². The molecule has 0 bridgehead atoms. The van der Waals surface area contributed by atoms with Gasteiger partial charge in [-0.1, -0.05) is 229 Å². The third kappa shape index (κ3) is 35.9. The summed E-state index contributed by atoms with van der Waals surface area (Å²) in [5.41, 5.74) is 0. The van der Waals surface area contributed by atoms with Gasteiger partial charge in [0.25, 0.3) is 0 Å². The van der Waals surface area contributed by atoms with Crippen LogP contribution >= 0.6 is 0 Å². The largest absolute Gasteiger partial charge is 0.394 e. The fraction of sp³-hybridized carbons (Fsp3) is 0.839. The van der Waals surface area contributed by atoms with Gasteiger partial charge < -0.3 is 40.3 Å². The summed E-state index contributed by atoms with van der Waals surface area (Å²) in [6, 6.07) is -0.799. The van der Waals surface area contributed by atoms with Crippen LogP contribution in [-0.4, -0.2) is 87.5 Å². The van der Waals surface area contributed by atoms with Crippen molar-refractivity contribution in [1.82, 2.24) is 5.32 Å². The fourth-order valence-corrected chi connectivity index (χ4v) is 8.52. The topological polar surface area (TPSA) is 149 Å². The van der Waals surface area contributed by atoms with Crippen molar-refractivity contribution in [3.8, 4) is 0 Å². The Bertz CT molecular complexity index is 1160. The number of unbranched alkanes of at least 4 members (excludes halogenated alkanes) is 30. The maximum absolute atomic E-state index is 12.9. The maximum atomic E-state index is 12.9. The van der Waals surface area contributed by atoms with E-state index in [1.165, 1.54) is 167 Å². The summed E-state index contributed by atoms with van der Waals surface area (Å²) in [5, 5.41) is 53.8. The average Bonchev–Trinajstić information content (AvgIpc) is 3.31. The summed E-state index contributed by atoms with van der Waals surface area (Å²) in [7, 11) is 0. The second-order valence-electron chi connectivity index (χ2n) is 19.0. The fourth-order valence-electron chi connectivity index (χ4n) is 8.52. The lowest BCUT2D eigenvalue weighted by molar-refractivity contribution is -0.302. The predicted octanol–water partition coefficient (Wildman–Crippen LogP) is 13.0. The molecule has 7 unspecified atom stereocenters. The van der Waals surface area contributed by atoms with E-state index in [-0.39, 0.29) is 12.5 Å². The highest BCUT2D eigenvalue weighted by Crippen LogP contribution is 2.23. The summed E-state index contributed by atoms with van der Waals surface area (Å²) in [5.74, 6) is -0.182. The molecule has 0 radical (unpaired) electrons. The molecule has 0 aromatic rings. The number of aliphatic hydroxyl groups excluding tert-OH is 5. The minimum atomic E-state index is -1.56. The van der Waals surface area contributed by atoms with Gasteiger partial charge in [-0.2, -0.15) is 0 Å². The van der Waals surface area contributed by atoms with E-state index in [0.717, 1.165) is 57.8 Å². The van der Waals surface area contributed by atoms with Gasteiger partial charge in [0, 0.05) is 6.42 Å². The Morgan fingerprint density at radius 1 is 0.523 bits per heavy atom. The van der Waals surface area contributed by atoms with Crippen molar-refractivity contribution in [3.63, 3.8) is 0 Å². The number of aliphatic hydroxyl groups is 5. The molecule has 1 heterocycles. The second kappa shape index (κ2) is 45.9. The highest BCUT2D eigenvalue weighted by Gasteiger charge is 2.44. The van der Waals surface area contributed by atoms with Gasteiger partial charge in [-0.05, 0) is 57.8 Å². The van der Waals surface area contributed by atoms with Crippen molar-refractivity contribution in [3.05, 3.63) is 48.6 Å². The highest BCUT2D eigenvalue weighted by atomic mass is 16.7. The van der Waals surface area contributed by atoms with E-state index in [0.29, 0.717) is 6.42 Å². The molecule has 9 heteroatoms. The number of amides is 1. The first-order valence-corrected chi connectivity index (χ1v) is 27.4. The number of ether oxygens (including phenoxy) is 2. The Morgan fingerprint density at radius 2 is 0.908 bits per heavy atom. The molecule has 1 amide bonds. The third-order valence-electron chi connectivity index (χ3n) is 12.9. The van der Waals surface area contributed by atoms with Crippen LogP contribution in [0.15, 0.2) is 48.6 Å². The first kappa shape index (κ1) is 61.2. The molecule has 6 N–H and O–H groups in total. The molecule has 0 aliphatic carbocycles. The monoisotopic (exact) mass is 918 g/mol. The van der Waals surface area contributed by atoms with Crippen molar-refractivity contribution in [2.24, 2.45) is 0 Å². The first-order chi connectivity index (χ1) is 31.8. The standard InChI is InChI=1S/C56H103NO8/c1-3-5-7-9-10-11-12-13-14-15-16-17-18-19-20-21-22-23-24-25-26-27-28-29-30-31-32-33-34-35-36-37-38-39-40-42-44-46-52(60)57-49(50(59)45-43-41-8-6-4-2)48-64-56-55(63)54(62)53(61)51(47-58)65-56/h12-13,15-16,18-19,43,45,49-51,53-56,58-59,61-63H,3-11,14,17,20-42,44,46-48H2,1-2H3,(H,57,60)/b13-12-,16-15-,19-18-,45-43+. The second-order valence-corrected chi connectivity index (χ2v) is 19.0. The van der Waals surface area contributed by atoms with Crippen molar-refractivity contribution in [2.75, 3.05) is 13.2 Å². The highest BCUT2D eigenvalue weighted by molar-refractivity contribution is 5.76. The van der Waals surface area contributed by atoms with Gasteiger partial charge in [0.15, 0.2) is 6.29 Å². The van der Waals surface area contributed by atoms with Crippen molar-refractivity contribution < 1.29 is 39.8 Å². The molecule has 65 heavy (non-hydrogen) atoms. The van der Waals surface area contributed by atoms with Gasteiger partial charge in [0.2, 0.25) is 5.91 Å². The zero-order chi connectivity index (χ0) is 47.3. The van der Waals surface area contributed by atoms with Crippen LogP contribution < -0.4 is 5.32 Å². The summed E-state index contributed by atoms with van der Waals surface area (Å²) >= 11 is 0. The number of allylic oxidation sites excluding steroid dienone is 7. The lowest BCUT2D eigenvalue weighted by atomic mass is 9.99. The van der Waals surface area contributed by atoms with Gasteiger partial charge in [-0.15, -0.1) is 0 Å². The summed E-state index contributed by atoms with van der Waals surface area (Å²) in [6.45, 7) is 3.65. The summed E-state index contributed by atoms with van der Waals surface area (Å²) in [4.78, 5) is 12.9. The molecule has 1 aliphatic heterocycles. The molecule has 1 saturated heterocycles. The Hall–Kier alpha value is -1.85. The third-order valence-corrected chi connectivity index (χ3v) is 12.9. The molecule has 1 fully saturated rings. The average molecular weight is 918 g/mol. The lowest BCUT2D eigenvalue weighted by Gasteiger charge is -2.40. The van der Waals surface area contributed by atoms with E-state index in [4.69, 9.17) is 9.47 Å². The van der Waals surface area contributed by atoms with Crippen molar-refractivity contribution in [2.45, 2.75) is 288 Å². The Morgan fingerprint density at radius 3 is 1.37 bits per heavy atom. The minimum absolute atomic E-state index is 0.182. The maximum Gasteiger partial charge on any atom is 0.220 e. The number of hydrogen-bond donors (Lipinski definition) is 6. The van der Waals surface area contributed by atoms with Crippen molar-refractivity contribution >= 4 is 5.91 Å². The number of hydrogen-bond acceptors (Lipinski definition) is 8. The van der Waals surface area contributed by atoms with Gasteiger partial charge in [0.05, 0.1) is 25.4 Å². The van der Waals surface area contributed by atoms with Crippen LogP contribution in [0, 0.1) is 0 Å². The molecule has 9 nitrogen and oxygen atoms in total. The molecule has 0 aromatic carbocycles. The van der Waals surface area contributed by atoms with Gasteiger partial charge >= 0.3 is 0 Å². The van der Waals surface area contributed by atoms with Crippen LogP contribution in [-0.2, 0) is 14.3 Å². The molecule has 0 spiro atoms. The van der Waals surface area contributed by atoms with Crippen LogP contribution in [0.4, 0.5) is 0 Å². The number of nitrogens with one attached hydrogen (secondary N) is 1. The Balaban J connectivity index is 1.96. The predicted molar refractivity (Wildman–Crippen MR) is 272 cm³/mol. The SMILES string of the molecule is CCCCC/C=C/C(O)C(COC1OC(CO)C(O)C(O)C1O)NC(=O)CCCCCCCCCCCCCCCCCCCCCCCC/C=C\C/C=C\C/C=C\CCCCCCC. The lowest BCUT2D eigenvalue weighted by Crippen LogP contribution is -2.60. The van der Waals surface area contributed by atoms with Crippen LogP contribution in [0.25, 0.3) is 0 Å². The molecular weight excluding hydrogens is 815 g/mol. The molecule has 7 atom stereocenters. The summed E-state index contributed by atoms with van der Waals surface area (Å²) in [6.07, 6.45) is 54.0. The van der Waals surface area contributed by atoms with Crippen LogP contribution in [0.1, 0.15) is 245 Å². The van der Waals surface area contributed by atoms with E-state index < -0.39 is 49.5 Å². The summed E-state index contributed by atoms with van der Waals surface area (Å²) < 4.78 is 11.1. The van der Waals surface area contributed by atoms with Crippen molar-refractivity contribution in [1.29, 1.82) is 0 Å².